The van der Waals surface area contributed by atoms with E-state index in [4.69, 9.17) is 5.11 Å². The molecule has 0 radical (unpaired) electrons. The summed E-state index contributed by atoms with van der Waals surface area (Å²) in [5.74, 6) is -0.900. The van der Waals surface area contributed by atoms with Crippen LogP contribution >= 0.6 is 0 Å². The van der Waals surface area contributed by atoms with Crippen molar-refractivity contribution in [3.05, 3.63) is 59.4 Å². The molecule has 2 aromatic rings. The van der Waals surface area contributed by atoms with Gasteiger partial charge in [-0.25, -0.2) is 4.79 Å². The molecule has 0 saturated carbocycles. The highest BCUT2D eigenvalue weighted by atomic mass is 16.4. The summed E-state index contributed by atoms with van der Waals surface area (Å²) in [4.78, 5) is 13.8. The van der Waals surface area contributed by atoms with Crippen molar-refractivity contribution in [2.24, 2.45) is 0 Å². The zero-order valence-corrected chi connectivity index (χ0v) is 9.31. The first-order valence-corrected chi connectivity index (χ1v) is 5.41. The molecular weight excluding hydrogens is 216 g/mol. The summed E-state index contributed by atoms with van der Waals surface area (Å²) in [6.45, 7) is 1.24. The highest BCUT2D eigenvalue weighted by molar-refractivity contribution is 5.88. The van der Waals surface area contributed by atoms with Gasteiger partial charge in [0, 0.05) is 25.0 Å². The van der Waals surface area contributed by atoms with Crippen molar-refractivity contribution in [2.45, 2.75) is 13.1 Å². The maximum atomic E-state index is 10.9. The molecule has 17 heavy (non-hydrogen) atoms. The average molecular weight is 230 g/mol. The molecule has 0 aliphatic heterocycles. The second kappa shape index (κ2) is 5.32. The van der Waals surface area contributed by atoms with Gasteiger partial charge in [0.2, 0.25) is 0 Å². The van der Waals surface area contributed by atoms with Crippen molar-refractivity contribution in [1.82, 2.24) is 10.3 Å². The van der Waals surface area contributed by atoms with Gasteiger partial charge in [0.1, 0.15) is 0 Å². The Morgan fingerprint density at radius 1 is 1.18 bits per heavy atom. The predicted octanol–water partition coefficient (Wildman–Crippen LogP) is 2.00. The minimum atomic E-state index is -0.900. The minimum Gasteiger partial charge on any atom is -0.478 e. The highest BCUT2D eigenvalue weighted by Crippen LogP contribution is 2.06. The van der Waals surface area contributed by atoms with Gasteiger partial charge >= 0.3 is 5.97 Å². The molecule has 0 spiro atoms. The first-order valence-electron chi connectivity index (χ1n) is 5.41. The molecule has 4 heteroatoms. The van der Waals surface area contributed by atoms with Crippen molar-refractivity contribution < 1.29 is 9.90 Å². The van der Waals surface area contributed by atoms with Crippen molar-refractivity contribution in [1.29, 1.82) is 0 Å². The number of aromatic carboxylic acids is 1. The maximum Gasteiger partial charge on any atom is 0.337 e. The third-order valence-corrected chi connectivity index (χ3v) is 2.54. The SMILES string of the molecule is O=C(O)c1cc[nH]c1CNCc1ccccc1. The normalized spacial score (nSPS) is 10.4. The zero-order chi connectivity index (χ0) is 12.1. The molecule has 0 bridgehead atoms. The number of rotatable bonds is 5. The van der Waals surface area contributed by atoms with Crippen molar-refractivity contribution in [3.8, 4) is 0 Å². The fraction of sp³-hybridized carbons (Fsp3) is 0.154. The van der Waals surface area contributed by atoms with E-state index in [9.17, 15) is 4.79 Å². The van der Waals surface area contributed by atoms with Crippen molar-refractivity contribution in [2.75, 3.05) is 0 Å². The van der Waals surface area contributed by atoms with E-state index >= 15 is 0 Å². The van der Waals surface area contributed by atoms with E-state index in [1.807, 2.05) is 30.3 Å². The molecule has 4 nitrogen and oxygen atoms in total. The Labute approximate surface area is 99.3 Å². The van der Waals surface area contributed by atoms with Gasteiger partial charge in [-0.05, 0) is 11.6 Å². The van der Waals surface area contributed by atoms with Crippen LogP contribution in [0.15, 0.2) is 42.6 Å². The number of hydrogen-bond donors (Lipinski definition) is 3. The van der Waals surface area contributed by atoms with Gasteiger partial charge in [-0.2, -0.15) is 0 Å². The number of benzene rings is 1. The van der Waals surface area contributed by atoms with Gasteiger partial charge in [0.25, 0.3) is 0 Å². The van der Waals surface area contributed by atoms with E-state index in [-0.39, 0.29) is 0 Å². The first-order chi connectivity index (χ1) is 8.27. The molecule has 0 aliphatic carbocycles. The summed E-state index contributed by atoms with van der Waals surface area (Å²) in [5, 5.41) is 12.1. The number of carboxylic acid groups (broad SMARTS) is 1. The van der Waals surface area contributed by atoms with Gasteiger partial charge in [-0.3, -0.25) is 0 Å². The monoisotopic (exact) mass is 230 g/mol. The Kier molecular flexibility index (Phi) is 3.57. The van der Waals surface area contributed by atoms with E-state index in [1.54, 1.807) is 12.3 Å². The average Bonchev–Trinajstić information content (AvgIpc) is 2.79. The molecular formula is C13H14N2O2. The molecule has 0 aliphatic rings. The second-order valence-corrected chi connectivity index (χ2v) is 3.76. The molecule has 0 unspecified atom stereocenters. The summed E-state index contributed by atoms with van der Waals surface area (Å²) in [7, 11) is 0. The van der Waals surface area contributed by atoms with Crippen LogP contribution in [-0.4, -0.2) is 16.1 Å². The molecule has 1 aromatic carbocycles. The van der Waals surface area contributed by atoms with E-state index in [1.165, 1.54) is 5.56 Å². The molecule has 88 valence electrons. The summed E-state index contributed by atoms with van der Waals surface area (Å²) in [6.07, 6.45) is 1.64. The summed E-state index contributed by atoms with van der Waals surface area (Å²) >= 11 is 0. The van der Waals surface area contributed by atoms with Crippen LogP contribution in [0, 0.1) is 0 Å². The lowest BCUT2D eigenvalue weighted by molar-refractivity contribution is 0.0695. The van der Waals surface area contributed by atoms with Crippen molar-refractivity contribution in [3.63, 3.8) is 0 Å². The fourth-order valence-electron chi connectivity index (χ4n) is 1.68. The van der Waals surface area contributed by atoms with E-state index in [2.05, 4.69) is 10.3 Å². The summed E-state index contributed by atoms with van der Waals surface area (Å²) in [6, 6.07) is 11.6. The predicted molar refractivity (Wildman–Crippen MR) is 64.7 cm³/mol. The van der Waals surface area contributed by atoms with Gasteiger partial charge in [0.05, 0.1) is 5.56 Å². The Morgan fingerprint density at radius 2 is 1.94 bits per heavy atom. The largest absolute Gasteiger partial charge is 0.478 e. The lowest BCUT2D eigenvalue weighted by Gasteiger charge is -2.04. The Hall–Kier alpha value is -2.07. The molecule has 1 heterocycles. The quantitative estimate of drug-likeness (QED) is 0.736. The third-order valence-electron chi connectivity index (χ3n) is 2.54. The number of hydrogen-bond acceptors (Lipinski definition) is 2. The van der Waals surface area contributed by atoms with E-state index < -0.39 is 5.97 Å². The highest BCUT2D eigenvalue weighted by Gasteiger charge is 2.09. The lowest BCUT2D eigenvalue weighted by Crippen LogP contribution is -2.15. The Bertz CT molecular complexity index is 491. The van der Waals surface area contributed by atoms with Crippen LogP contribution in [0.2, 0.25) is 0 Å². The number of carbonyl (C=O) groups is 1. The van der Waals surface area contributed by atoms with Gasteiger partial charge in [0.15, 0.2) is 0 Å². The maximum absolute atomic E-state index is 10.9. The Morgan fingerprint density at radius 3 is 2.65 bits per heavy atom. The van der Waals surface area contributed by atoms with Crippen LogP contribution in [0.25, 0.3) is 0 Å². The molecule has 0 fully saturated rings. The molecule has 2 rings (SSSR count). The second-order valence-electron chi connectivity index (χ2n) is 3.76. The topological polar surface area (TPSA) is 65.1 Å². The first kappa shape index (κ1) is 11.4. The van der Waals surface area contributed by atoms with E-state index in [0.717, 1.165) is 6.54 Å². The molecule has 0 saturated heterocycles. The standard InChI is InChI=1S/C13H14N2O2/c16-13(17)11-6-7-15-12(11)9-14-8-10-4-2-1-3-5-10/h1-7,14-15H,8-9H2,(H,16,17). The van der Waals surface area contributed by atoms with Crippen LogP contribution in [0.5, 0.6) is 0 Å². The molecule has 1 aromatic heterocycles. The molecule has 0 amide bonds. The molecule has 0 atom stereocenters. The van der Waals surface area contributed by atoms with Gasteiger partial charge in [-0.1, -0.05) is 30.3 Å². The fourth-order valence-corrected chi connectivity index (χ4v) is 1.68. The van der Waals surface area contributed by atoms with Crippen LogP contribution in [-0.2, 0) is 13.1 Å². The van der Waals surface area contributed by atoms with Crippen LogP contribution in [0.1, 0.15) is 21.6 Å². The number of nitrogens with one attached hydrogen (secondary N) is 2. The number of carboxylic acids is 1. The summed E-state index contributed by atoms with van der Waals surface area (Å²) < 4.78 is 0. The van der Waals surface area contributed by atoms with E-state index in [0.29, 0.717) is 17.8 Å². The smallest absolute Gasteiger partial charge is 0.337 e. The third kappa shape index (κ3) is 2.95. The molecule has 3 N–H and O–H groups in total. The van der Waals surface area contributed by atoms with Crippen molar-refractivity contribution >= 4 is 5.97 Å². The van der Waals surface area contributed by atoms with Crippen LogP contribution in [0.3, 0.4) is 0 Å². The minimum absolute atomic E-state index is 0.325. The zero-order valence-electron chi connectivity index (χ0n) is 9.31. The van der Waals surface area contributed by atoms with Crippen LogP contribution < -0.4 is 5.32 Å². The van der Waals surface area contributed by atoms with Gasteiger partial charge in [-0.15, -0.1) is 0 Å². The lowest BCUT2D eigenvalue weighted by atomic mass is 10.2. The number of H-pyrrole nitrogens is 1. The Balaban J connectivity index is 1.90. The number of aromatic nitrogens is 1. The van der Waals surface area contributed by atoms with Crippen LogP contribution in [0.4, 0.5) is 0 Å². The number of aromatic amines is 1. The summed E-state index contributed by atoms with van der Waals surface area (Å²) in [5.41, 5.74) is 2.20. The van der Waals surface area contributed by atoms with Gasteiger partial charge < -0.3 is 15.4 Å².